The lowest BCUT2D eigenvalue weighted by molar-refractivity contribution is 0.00958. The van der Waals surface area contributed by atoms with Crippen LogP contribution in [0.5, 0.6) is 0 Å². The van der Waals surface area contributed by atoms with Crippen molar-refractivity contribution in [1.29, 1.82) is 0 Å². The third-order valence-electron chi connectivity index (χ3n) is 5.27. The van der Waals surface area contributed by atoms with Gasteiger partial charge in [-0.25, -0.2) is 9.59 Å². The van der Waals surface area contributed by atoms with Crippen molar-refractivity contribution in [2.75, 3.05) is 19.6 Å². The van der Waals surface area contributed by atoms with E-state index in [1.54, 1.807) is 4.90 Å². The molecule has 0 aromatic heterocycles. The van der Waals surface area contributed by atoms with E-state index in [0.29, 0.717) is 38.4 Å². The van der Waals surface area contributed by atoms with Gasteiger partial charge in [-0.15, -0.1) is 0 Å². The number of hydrogen-bond donors (Lipinski definition) is 2. The summed E-state index contributed by atoms with van der Waals surface area (Å²) in [6, 6.07) is 8.29. The topological polar surface area (TPSA) is 70.7 Å². The Hall–Kier alpha value is -2.24. The van der Waals surface area contributed by atoms with E-state index in [1.807, 2.05) is 6.92 Å². The van der Waals surface area contributed by atoms with Crippen molar-refractivity contribution in [2.24, 2.45) is 0 Å². The van der Waals surface area contributed by atoms with Crippen molar-refractivity contribution in [3.8, 4) is 0 Å². The van der Waals surface area contributed by atoms with Crippen molar-refractivity contribution >= 4 is 12.1 Å². The molecule has 0 bridgehead atoms. The molecular weight excluding hydrogens is 318 g/mol. The summed E-state index contributed by atoms with van der Waals surface area (Å²) < 4.78 is 5.39. The van der Waals surface area contributed by atoms with Crippen LogP contribution in [0.2, 0.25) is 0 Å². The highest BCUT2D eigenvalue weighted by Crippen LogP contribution is 2.29. The van der Waals surface area contributed by atoms with Crippen LogP contribution in [0, 0.1) is 0 Å². The summed E-state index contributed by atoms with van der Waals surface area (Å²) in [5.74, 6) is 0.499. The number of rotatable bonds is 3. The second kappa shape index (κ2) is 6.94. The van der Waals surface area contributed by atoms with Crippen LogP contribution in [-0.2, 0) is 4.74 Å². The molecule has 0 radical (unpaired) electrons. The van der Waals surface area contributed by atoms with Gasteiger partial charge in [0, 0.05) is 25.9 Å². The van der Waals surface area contributed by atoms with Crippen LogP contribution in [0.25, 0.3) is 0 Å². The van der Waals surface area contributed by atoms with E-state index in [0.717, 1.165) is 5.56 Å². The number of carbonyl (C=O) groups excluding carboxylic acids is 2. The molecule has 1 spiro atoms. The van der Waals surface area contributed by atoms with Gasteiger partial charge in [0.05, 0.1) is 12.6 Å². The second-order valence-corrected chi connectivity index (χ2v) is 7.41. The van der Waals surface area contributed by atoms with Crippen LogP contribution >= 0.6 is 0 Å². The Morgan fingerprint density at radius 2 is 1.76 bits per heavy atom. The molecule has 1 unspecified atom stereocenters. The molecule has 2 aliphatic rings. The Balaban J connectivity index is 1.53. The monoisotopic (exact) mass is 345 g/mol. The summed E-state index contributed by atoms with van der Waals surface area (Å²) in [4.78, 5) is 25.6. The van der Waals surface area contributed by atoms with Gasteiger partial charge >= 0.3 is 12.1 Å². The zero-order chi connectivity index (χ0) is 18.0. The zero-order valence-electron chi connectivity index (χ0n) is 15.2. The zero-order valence-corrected chi connectivity index (χ0v) is 15.2. The molecule has 3 rings (SSSR count). The highest BCUT2D eigenvalue weighted by molar-refractivity contribution is 5.75. The molecule has 25 heavy (non-hydrogen) atoms. The largest absolute Gasteiger partial charge is 0.441 e. The maximum Gasteiger partial charge on any atom is 0.407 e. The van der Waals surface area contributed by atoms with Crippen molar-refractivity contribution in [3.05, 3.63) is 35.4 Å². The van der Waals surface area contributed by atoms with E-state index >= 15 is 0 Å². The Labute approximate surface area is 148 Å². The number of carbonyl (C=O) groups is 2. The Kier molecular flexibility index (Phi) is 4.88. The Morgan fingerprint density at radius 1 is 1.16 bits per heavy atom. The average Bonchev–Trinajstić information content (AvgIpc) is 2.95. The summed E-state index contributed by atoms with van der Waals surface area (Å²) in [5, 5.41) is 5.78. The molecule has 2 aliphatic heterocycles. The first kappa shape index (κ1) is 17.6. The van der Waals surface area contributed by atoms with E-state index < -0.39 is 5.60 Å². The van der Waals surface area contributed by atoms with E-state index in [4.69, 9.17) is 4.74 Å². The summed E-state index contributed by atoms with van der Waals surface area (Å²) >= 11 is 0. The number of piperidine rings is 1. The molecule has 1 aromatic carbocycles. The van der Waals surface area contributed by atoms with Crippen LogP contribution in [-0.4, -0.2) is 42.3 Å². The fourth-order valence-electron chi connectivity index (χ4n) is 3.43. The molecule has 0 saturated carbocycles. The fourth-order valence-corrected chi connectivity index (χ4v) is 3.43. The summed E-state index contributed by atoms with van der Waals surface area (Å²) in [7, 11) is 0. The minimum absolute atomic E-state index is 0.0458. The molecule has 0 aliphatic carbocycles. The number of amides is 3. The normalized spacial score (nSPS) is 20.3. The number of nitrogens with zero attached hydrogens (tertiary/aromatic N) is 1. The molecule has 1 atom stereocenters. The number of alkyl carbamates (subject to hydrolysis) is 1. The Bertz CT molecular complexity index is 634. The van der Waals surface area contributed by atoms with Crippen molar-refractivity contribution in [1.82, 2.24) is 15.5 Å². The van der Waals surface area contributed by atoms with Crippen LogP contribution in [0.3, 0.4) is 0 Å². The third kappa shape index (κ3) is 3.89. The number of nitrogens with one attached hydrogen (secondary N) is 2. The predicted molar refractivity (Wildman–Crippen MR) is 95.5 cm³/mol. The molecule has 6 heteroatoms. The smallest absolute Gasteiger partial charge is 0.407 e. The van der Waals surface area contributed by atoms with Crippen molar-refractivity contribution < 1.29 is 14.3 Å². The van der Waals surface area contributed by atoms with Gasteiger partial charge < -0.3 is 20.3 Å². The van der Waals surface area contributed by atoms with Gasteiger partial charge in [0.1, 0.15) is 5.60 Å². The third-order valence-corrected chi connectivity index (χ3v) is 5.27. The maximum absolute atomic E-state index is 12.5. The lowest BCUT2D eigenvalue weighted by Crippen LogP contribution is -2.51. The predicted octanol–water partition coefficient (Wildman–Crippen LogP) is 3.16. The first-order chi connectivity index (χ1) is 11.9. The quantitative estimate of drug-likeness (QED) is 0.884. The van der Waals surface area contributed by atoms with Gasteiger partial charge in [-0.05, 0) is 24.0 Å². The number of benzene rings is 1. The number of urea groups is 1. The van der Waals surface area contributed by atoms with Crippen LogP contribution in [0.4, 0.5) is 9.59 Å². The minimum Gasteiger partial charge on any atom is -0.441 e. The maximum atomic E-state index is 12.5. The summed E-state index contributed by atoms with van der Waals surface area (Å²) in [5.41, 5.74) is 1.97. The lowest BCUT2D eigenvalue weighted by Gasteiger charge is -2.37. The van der Waals surface area contributed by atoms with Gasteiger partial charge in [-0.2, -0.15) is 0 Å². The van der Waals surface area contributed by atoms with Gasteiger partial charge in [-0.1, -0.05) is 38.1 Å². The van der Waals surface area contributed by atoms with Gasteiger partial charge in [0.15, 0.2) is 0 Å². The van der Waals surface area contributed by atoms with Crippen molar-refractivity contribution in [2.45, 2.75) is 51.2 Å². The molecule has 136 valence electrons. The highest BCUT2D eigenvalue weighted by Gasteiger charge is 2.43. The SMILES string of the molecule is CC(C)c1ccc(C(C)NC(=O)N2CCC3(CC2)CNC(=O)O3)cc1. The number of ether oxygens (including phenoxy) is 1. The first-order valence-electron chi connectivity index (χ1n) is 9.01. The van der Waals surface area contributed by atoms with Gasteiger partial charge in [0.2, 0.25) is 0 Å². The molecule has 2 fully saturated rings. The van der Waals surface area contributed by atoms with E-state index in [1.165, 1.54) is 5.56 Å². The Morgan fingerprint density at radius 3 is 2.28 bits per heavy atom. The highest BCUT2D eigenvalue weighted by atomic mass is 16.6. The van der Waals surface area contributed by atoms with Crippen molar-refractivity contribution in [3.63, 3.8) is 0 Å². The summed E-state index contributed by atoms with van der Waals surface area (Å²) in [6.45, 7) is 8.07. The molecule has 3 amide bonds. The average molecular weight is 345 g/mol. The molecule has 6 nitrogen and oxygen atoms in total. The second-order valence-electron chi connectivity index (χ2n) is 7.41. The number of likely N-dealkylation sites (tertiary alicyclic amines) is 1. The van der Waals surface area contributed by atoms with Crippen LogP contribution < -0.4 is 10.6 Å². The molecule has 1 aromatic rings. The standard InChI is InChI=1S/C19H27N3O3/c1-13(2)15-4-6-16(7-5-15)14(3)21-17(23)22-10-8-19(9-11-22)12-20-18(24)25-19/h4-7,13-14H,8-12H2,1-3H3,(H,20,24)(H,21,23). The minimum atomic E-state index is -0.424. The molecular formula is C19H27N3O3. The fraction of sp³-hybridized carbons (Fsp3) is 0.579. The van der Waals surface area contributed by atoms with E-state index in [-0.39, 0.29) is 18.2 Å². The van der Waals surface area contributed by atoms with E-state index in [9.17, 15) is 9.59 Å². The molecule has 2 heterocycles. The van der Waals surface area contributed by atoms with Gasteiger partial charge in [0.25, 0.3) is 0 Å². The first-order valence-corrected chi connectivity index (χ1v) is 9.01. The number of hydrogen-bond acceptors (Lipinski definition) is 3. The van der Waals surface area contributed by atoms with Crippen LogP contribution in [0.15, 0.2) is 24.3 Å². The molecule has 2 saturated heterocycles. The summed E-state index contributed by atoms with van der Waals surface area (Å²) in [6.07, 6.45) is 1.00. The molecule has 2 N–H and O–H groups in total. The van der Waals surface area contributed by atoms with Crippen LogP contribution in [0.1, 0.15) is 56.7 Å². The van der Waals surface area contributed by atoms with E-state index in [2.05, 4.69) is 48.7 Å². The van der Waals surface area contributed by atoms with Gasteiger partial charge in [-0.3, -0.25) is 0 Å². The lowest BCUT2D eigenvalue weighted by atomic mass is 9.92.